The van der Waals surface area contributed by atoms with E-state index in [9.17, 15) is 4.79 Å². The van der Waals surface area contributed by atoms with Gasteiger partial charge in [0.25, 0.3) is 0 Å². The molecule has 0 radical (unpaired) electrons. The Balaban J connectivity index is 1.95. The number of rotatable bonds is 7. The van der Waals surface area contributed by atoms with Gasteiger partial charge in [0.2, 0.25) is 5.91 Å². The predicted octanol–water partition coefficient (Wildman–Crippen LogP) is 3.73. The summed E-state index contributed by atoms with van der Waals surface area (Å²) in [6.07, 6.45) is 0. The average Bonchev–Trinajstić information content (AvgIpc) is 2.95. The van der Waals surface area contributed by atoms with Gasteiger partial charge in [-0.3, -0.25) is 4.79 Å². The quantitative estimate of drug-likeness (QED) is 0.771. The molecule has 2 aromatic rings. The zero-order chi connectivity index (χ0) is 16.8. The number of thioether (sulfide) groups is 1. The lowest BCUT2D eigenvalue weighted by atomic mass is 10.1. The van der Waals surface area contributed by atoms with Crippen LogP contribution in [0.4, 0.5) is 11.4 Å². The number of amides is 1. The van der Waals surface area contributed by atoms with Crippen LogP contribution in [0.5, 0.6) is 0 Å². The Hall–Kier alpha value is -1.60. The van der Waals surface area contributed by atoms with Gasteiger partial charge in [0.1, 0.15) is 5.01 Å². The third-order valence-corrected chi connectivity index (χ3v) is 5.42. The fourth-order valence-electron chi connectivity index (χ4n) is 2.22. The van der Waals surface area contributed by atoms with Gasteiger partial charge in [0.05, 0.1) is 5.75 Å². The molecule has 1 aromatic carbocycles. The Labute approximate surface area is 145 Å². The molecular weight excluding hydrogens is 328 g/mol. The minimum atomic E-state index is -0.0263. The molecule has 2 rings (SSSR count). The fourth-order valence-corrected chi connectivity index (χ4v) is 3.84. The molecule has 1 aromatic heterocycles. The Morgan fingerprint density at radius 1 is 1.26 bits per heavy atom. The van der Waals surface area contributed by atoms with E-state index in [4.69, 9.17) is 0 Å². The Morgan fingerprint density at radius 3 is 2.57 bits per heavy atom. The maximum atomic E-state index is 12.1. The molecule has 124 valence electrons. The van der Waals surface area contributed by atoms with Crippen molar-refractivity contribution in [3.8, 4) is 0 Å². The molecule has 0 atom stereocenters. The minimum Gasteiger partial charge on any atom is -0.372 e. The molecule has 0 saturated carbocycles. The average molecular weight is 351 g/mol. The van der Waals surface area contributed by atoms with Gasteiger partial charge in [-0.25, -0.2) is 0 Å². The van der Waals surface area contributed by atoms with Crippen molar-refractivity contribution in [2.75, 3.05) is 29.1 Å². The first kappa shape index (κ1) is 17.7. The number of carbonyl (C=O) groups is 1. The highest BCUT2D eigenvalue weighted by Crippen LogP contribution is 2.24. The zero-order valence-corrected chi connectivity index (χ0v) is 15.6. The highest BCUT2D eigenvalue weighted by atomic mass is 32.2. The van der Waals surface area contributed by atoms with Crippen molar-refractivity contribution >= 4 is 40.4 Å². The number of aryl methyl sites for hydroxylation is 2. The highest BCUT2D eigenvalue weighted by Gasteiger charge is 2.10. The molecule has 0 aliphatic rings. The molecule has 0 fully saturated rings. The van der Waals surface area contributed by atoms with E-state index in [1.807, 2.05) is 19.9 Å². The minimum absolute atomic E-state index is 0.0263. The predicted molar refractivity (Wildman–Crippen MR) is 98.7 cm³/mol. The lowest BCUT2D eigenvalue weighted by Gasteiger charge is -2.22. The molecule has 0 unspecified atom stereocenters. The van der Waals surface area contributed by atoms with Gasteiger partial charge in [0.15, 0.2) is 4.34 Å². The second-order valence-corrected chi connectivity index (χ2v) is 7.50. The summed E-state index contributed by atoms with van der Waals surface area (Å²) < 4.78 is 0.825. The maximum Gasteiger partial charge on any atom is 0.234 e. The van der Waals surface area contributed by atoms with Crippen molar-refractivity contribution in [2.24, 2.45) is 0 Å². The Morgan fingerprint density at radius 2 is 2.00 bits per heavy atom. The normalized spacial score (nSPS) is 10.6. The van der Waals surface area contributed by atoms with Crippen LogP contribution in [-0.4, -0.2) is 34.9 Å². The molecule has 0 aliphatic heterocycles. The van der Waals surface area contributed by atoms with Crippen LogP contribution in [0.15, 0.2) is 22.5 Å². The summed E-state index contributed by atoms with van der Waals surface area (Å²) in [5, 5.41) is 11.8. The third kappa shape index (κ3) is 4.94. The van der Waals surface area contributed by atoms with Crippen LogP contribution < -0.4 is 10.2 Å². The lowest BCUT2D eigenvalue weighted by molar-refractivity contribution is -0.113. The van der Waals surface area contributed by atoms with Crippen LogP contribution in [-0.2, 0) is 4.79 Å². The van der Waals surface area contributed by atoms with Crippen LogP contribution in [0, 0.1) is 13.8 Å². The molecule has 1 heterocycles. The summed E-state index contributed by atoms with van der Waals surface area (Å²) in [5.74, 6) is 0.313. The molecule has 23 heavy (non-hydrogen) atoms. The molecule has 1 amide bonds. The summed E-state index contributed by atoms with van der Waals surface area (Å²) in [5.41, 5.74) is 3.11. The van der Waals surface area contributed by atoms with Crippen molar-refractivity contribution in [2.45, 2.75) is 32.0 Å². The molecule has 7 heteroatoms. The monoisotopic (exact) mass is 350 g/mol. The molecule has 5 nitrogen and oxygen atoms in total. The van der Waals surface area contributed by atoms with E-state index in [2.05, 4.69) is 46.4 Å². The third-order valence-electron chi connectivity index (χ3n) is 3.45. The van der Waals surface area contributed by atoms with E-state index < -0.39 is 0 Å². The summed E-state index contributed by atoms with van der Waals surface area (Å²) in [7, 11) is 0. The van der Waals surface area contributed by atoms with Gasteiger partial charge in [-0.15, -0.1) is 10.2 Å². The SMILES string of the molecule is CCN(CC)c1ccc(NC(=O)CSc2nnc(C)s2)c(C)c1. The largest absolute Gasteiger partial charge is 0.372 e. The van der Waals surface area contributed by atoms with Crippen LogP contribution >= 0.6 is 23.1 Å². The first-order valence-electron chi connectivity index (χ1n) is 7.61. The van der Waals surface area contributed by atoms with E-state index in [-0.39, 0.29) is 5.91 Å². The standard InChI is InChI=1S/C16H22N4OS2/c1-5-20(6-2)13-7-8-14(11(3)9-13)17-15(21)10-22-16-19-18-12(4)23-16/h7-9H,5-6,10H2,1-4H3,(H,17,21). The van der Waals surface area contributed by atoms with E-state index in [0.29, 0.717) is 5.75 Å². The number of hydrogen-bond acceptors (Lipinski definition) is 6. The first-order chi connectivity index (χ1) is 11.0. The van der Waals surface area contributed by atoms with Crippen molar-refractivity contribution in [3.05, 3.63) is 28.8 Å². The zero-order valence-electron chi connectivity index (χ0n) is 13.9. The van der Waals surface area contributed by atoms with Crippen LogP contribution in [0.25, 0.3) is 0 Å². The van der Waals surface area contributed by atoms with Gasteiger partial charge >= 0.3 is 0 Å². The smallest absolute Gasteiger partial charge is 0.234 e. The highest BCUT2D eigenvalue weighted by molar-refractivity contribution is 8.01. The van der Waals surface area contributed by atoms with Gasteiger partial charge in [-0.1, -0.05) is 23.1 Å². The fraction of sp³-hybridized carbons (Fsp3) is 0.438. The Kier molecular flexibility index (Phi) is 6.41. The van der Waals surface area contributed by atoms with E-state index in [0.717, 1.165) is 33.7 Å². The van der Waals surface area contributed by atoms with E-state index >= 15 is 0 Å². The number of nitrogens with zero attached hydrogens (tertiary/aromatic N) is 3. The number of benzene rings is 1. The van der Waals surface area contributed by atoms with Gasteiger partial charge in [0, 0.05) is 24.5 Å². The number of aromatic nitrogens is 2. The Bertz CT molecular complexity index is 668. The second kappa shape index (κ2) is 8.31. The number of hydrogen-bond donors (Lipinski definition) is 1. The van der Waals surface area contributed by atoms with Crippen molar-refractivity contribution < 1.29 is 4.79 Å². The summed E-state index contributed by atoms with van der Waals surface area (Å²) >= 11 is 2.92. The second-order valence-electron chi connectivity index (χ2n) is 5.10. The van der Waals surface area contributed by atoms with E-state index in [1.165, 1.54) is 28.8 Å². The topological polar surface area (TPSA) is 58.1 Å². The van der Waals surface area contributed by atoms with Gasteiger partial charge < -0.3 is 10.2 Å². The van der Waals surface area contributed by atoms with Crippen LogP contribution in [0.3, 0.4) is 0 Å². The van der Waals surface area contributed by atoms with Crippen molar-refractivity contribution in [1.29, 1.82) is 0 Å². The molecule has 0 bridgehead atoms. The van der Waals surface area contributed by atoms with Gasteiger partial charge in [-0.05, 0) is 51.5 Å². The molecule has 1 N–H and O–H groups in total. The van der Waals surface area contributed by atoms with Gasteiger partial charge in [-0.2, -0.15) is 0 Å². The van der Waals surface area contributed by atoms with Crippen molar-refractivity contribution in [3.63, 3.8) is 0 Å². The molecule has 0 aliphatic carbocycles. The lowest BCUT2D eigenvalue weighted by Crippen LogP contribution is -2.22. The summed E-state index contributed by atoms with van der Waals surface area (Å²) in [6.45, 7) is 10.1. The number of nitrogens with one attached hydrogen (secondary N) is 1. The maximum absolute atomic E-state index is 12.1. The van der Waals surface area contributed by atoms with Crippen molar-refractivity contribution in [1.82, 2.24) is 10.2 Å². The summed E-state index contributed by atoms with van der Waals surface area (Å²) in [4.78, 5) is 14.4. The first-order valence-corrected chi connectivity index (χ1v) is 9.42. The number of carbonyl (C=O) groups excluding carboxylic acids is 1. The van der Waals surface area contributed by atoms with Crippen LogP contribution in [0.1, 0.15) is 24.4 Å². The summed E-state index contributed by atoms with van der Waals surface area (Å²) in [6, 6.07) is 6.14. The van der Waals surface area contributed by atoms with E-state index in [1.54, 1.807) is 0 Å². The molecule has 0 spiro atoms. The molecule has 0 saturated heterocycles. The molecular formula is C16H22N4OS2. The van der Waals surface area contributed by atoms with Crippen LogP contribution in [0.2, 0.25) is 0 Å². The number of anilines is 2.